The highest BCUT2D eigenvalue weighted by molar-refractivity contribution is 9.10. The molecule has 3 rings (SSSR count). The van der Waals surface area contributed by atoms with Crippen LogP contribution in [0.3, 0.4) is 0 Å². The van der Waals surface area contributed by atoms with Gasteiger partial charge in [-0.3, -0.25) is 4.57 Å². The summed E-state index contributed by atoms with van der Waals surface area (Å²) in [7, 11) is 0. The molecule has 0 N–H and O–H groups in total. The first-order valence-corrected chi connectivity index (χ1v) is 7.48. The molecule has 0 saturated heterocycles. The zero-order valence-electron chi connectivity index (χ0n) is 10.9. The van der Waals surface area contributed by atoms with Crippen LogP contribution in [0.15, 0.2) is 40.9 Å². The Labute approximate surface area is 133 Å². The van der Waals surface area contributed by atoms with Gasteiger partial charge in [-0.05, 0) is 53.2 Å². The van der Waals surface area contributed by atoms with Crippen molar-refractivity contribution in [3.63, 3.8) is 0 Å². The van der Waals surface area contributed by atoms with Gasteiger partial charge >= 0.3 is 0 Å². The SMILES string of the molecule is CC(Cl)c1nc2c(F)cccc2n1-c1ccc(F)cc1Br. The van der Waals surface area contributed by atoms with Crippen molar-refractivity contribution in [2.24, 2.45) is 0 Å². The third-order valence-electron chi connectivity index (χ3n) is 3.17. The van der Waals surface area contributed by atoms with Crippen LogP contribution in [-0.4, -0.2) is 9.55 Å². The van der Waals surface area contributed by atoms with E-state index in [0.29, 0.717) is 21.5 Å². The average molecular weight is 372 g/mol. The monoisotopic (exact) mass is 370 g/mol. The number of para-hydroxylation sites is 1. The lowest BCUT2D eigenvalue weighted by molar-refractivity contribution is 0.626. The van der Waals surface area contributed by atoms with E-state index in [1.165, 1.54) is 18.2 Å². The predicted molar refractivity (Wildman–Crippen MR) is 83.0 cm³/mol. The van der Waals surface area contributed by atoms with Crippen molar-refractivity contribution in [1.82, 2.24) is 9.55 Å². The second-order valence-electron chi connectivity index (χ2n) is 4.62. The first-order chi connectivity index (χ1) is 9.99. The van der Waals surface area contributed by atoms with Crippen molar-refractivity contribution < 1.29 is 8.78 Å². The first-order valence-electron chi connectivity index (χ1n) is 6.25. The van der Waals surface area contributed by atoms with Gasteiger partial charge in [0.1, 0.15) is 17.2 Å². The number of aromatic nitrogens is 2. The van der Waals surface area contributed by atoms with Crippen LogP contribution < -0.4 is 0 Å². The highest BCUT2D eigenvalue weighted by atomic mass is 79.9. The number of imidazole rings is 1. The van der Waals surface area contributed by atoms with Crippen LogP contribution in [-0.2, 0) is 0 Å². The van der Waals surface area contributed by atoms with Gasteiger partial charge in [-0.1, -0.05) is 6.07 Å². The number of rotatable bonds is 2. The number of halogens is 4. The molecule has 2 aromatic carbocycles. The molecule has 21 heavy (non-hydrogen) atoms. The normalized spacial score (nSPS) is 12.8. The second kappa shape index (κ2) is 5.39. The molecule has 0 radical (unpaired) electrons. The summed E-state index contributed by atoms with van der Waals surface area (Å²) in [5, 5.41) is -0.422. The van der Waals surface area contributed by atoms with Crippen LogP contribution in [0, 0.1) is 11.6 Å². The van der Waals surface area contributed by atoms with Gasteiger partial charge in [0.2, 0.25) is 0 Å². The van der Waals surface area contributed by atoms with Gasteiger partial charge in [0.05, 0.1) is 16.6 Å². The molecule has 0 fully saturated rings. The zero-order chi connectivity index (χ0) is 15.1. The maximum absolute atomic E-state index is 13.9. The Morgan fingerprint density at radius 1 is 1.24 bits per heavy atom. The van der Waals surface area contributed by atoms with Crippen molar-refractivity contribution >= 4 is 38.6 Å². The standard InChI is InChI=1S/C15H10BrClF2N2/c1-8(17)15-20-14-11(19)3-2-4-13(14)21(15)12-6-5-9(18)7-10(12)16/h2-8H,1H3. The van der Waals surface area contributed by atoms with Gasteiger partial charge in [-0.2, -0.15) is 0 Å². The minimum atomic E-state index is -0.422. The molecule has 0 amide bonds. The molecule has 2 nitrogen and oxygen atoms in total. The summed E-state index contributed by atoms with van der Waals surface area (Å²) in [6, 6.07) is 9.01. The molecule has 1 atom stereocenters. The third-order valence-corrected chi connectivity index (χ3v) is 4.00. The van der Waals surface area contributed by atoms with Gasteiger partial charge in [-0.15, -0.1) is 11.6 Å². The predicted octanol–water partition coefficient (Wildman–Crippen LogP) is 5.37. The van der Waals surface area contributed by atoms with E-state index in [2.05, 4.69) is 20.9 Å². The summed E-state index contributed by atoms with van der Waals surface area (Å²) < 4.78 is 29.5. The number of nitrogens with zero attached hydrogens (tertiary/aromatic N) is 2. The average Bonchev–Trinajstić information content (AvgIpc) is 2.80. The maximum Gasteiger partial charge on any atom is 0.151 e. The van der Waals surface area contributed by atoms with E-state index in [1.54, 1.807) is 29.7 Å². The van der Waals surface area contributed by atoms with Gasteiger partial charge in [0, 0.05) is 4.47 Å². The first kappa shape index (κ1) is 14.5. The third kappa shape index (κ3) is 2.45. The van der Waals surface area contributed by atoms with E-state index in [1.807, 2.05) is 0 Å². The smallest absolute Gasteiger partial charge is 0.151 e. The molecular formula is C15H10BrClF2N2. The van der Waals surface area contributed by atoms with E-state index in [9.17, 15) is 8.78 Å². The molecule has 0 saturated carbocycles. The van der Waals surface area contributed by atoms with Gasteiger partial charge in [-0.25, -0.2) is 13.8 Å². The zero-order valence-corrected chi connectivity index (χ0v) is 13.3. The number of hydrogen-bond acceptors (Lipinski definition) is 1. The Hall–Kier alpha value is -1.46. The van der Waals surface area contributed by atoms with Gasteiger partial charge < -0.3 is 0 Å². The minimum absolute atomic E-state index is 0.247. The summed E-state index contributed by atoms with van der Waals surface area (Å²) in [4.78, 5) is 4.29. The molecule has 3 aromatic rings. The molecule has 1 heterocycles. The topological polar surface area (TPSA) is 17.8 Å². The molecule has 1 aromatic heterocycles. The Kier molecular flexibility index (Phi) is 3.71. The highest BCUT2D eigenvalue weighted by Gasteiger charge is 2.19. The summed E-state index contributed by atoms with van der Waals surface area (Å²) in [6.45, 7) is 1.76. The molecule has 108 valence electrons. The summed E-state index contributed by atoms with van der Waals surface area (Å²) in [6.07, 6.45) is 0. The summed E-state index contributed by atoms with van der Waals surface area (Å²) in [5.74, 6) is -0.270. The molecule has 1 unspecified atom stereocenters. The number of alkyl halides is 1. The second-order valence-corrected chi connectivity index (χ2v) is 6.13. The van der Waals surface area contributed by atoms with Gasteiger partial charge in [0.15, 0.2) is 5.82 Å². The van der Waals surface area contributed by atoms with E-state index in [-0.39, 0.29) is 11.3 Å². The largest absolute Gasteiger partial charge is 0.294 e. The van der Waals surface area contributed by atoms with Crippen molar-refractivity contribution in [1.29, 1.82) is 0 Å². The molecule has 0 aliphatic carbocycles. The molecule has 0 spiro atoms. The van der Waals surface area contributed by atoms with Crippen LogP contribution in [0.4, 0.5) is 8.78 Å². The van der Waals surface area contributed by atoms with Crippen LogP contribution in [0.1, 0.15) is 18.1 Å². The van der Waals surface area contributed by atoms with E-state index in [4.69, 9.17) is 11.6 Å². The Morgan fingerprint density at radius 3 is 2.67 bits per heavy atom. The molecule has 0 aliphatic heterocycles. The summed E-state index contributed by atoms with van der Waals surface area (Å²) >= 11 is 9.50. The van der Waals surface area contributed by atoms with Crippen LogP contribution in [0.2, 0.25) is 0 Å². The number of hydrogen-bond donors (Lipinski definition) is 0. The Bertz CT molecular complexity index is 830. The maximum atomic E-state index is 13.9. The lowest BCUT2D eigenvalue weighted by atomic mass is 10.2. The fraction of sp³-hybridized carbons (Fsp3) is 0.133. The van der Waals surface area contributed by atoms with Crippen LogP contribution >= 0.6 is 27.5 Å². The lowest BCUT2D eigenvalue weighted by Gasteiger charge is -2.12. The van der Waals surface area contributed by atoms with Gasteiger partial charge in [0.25, 0.3) is 0 Å². The molecular weight excluding hydrogens is 362 g/mol. The molecule has 6 heteroatoms. The van der Waals surface area contributed by atoms with Crippen molar-refractivity contribution in [3.05, 3.63) is 58.3 Å². The lowest BCUT2D eigenvalue weighted by Crippen LogP contribution is -2.03. The molecule has 0 bridgehead atoms. The quantitative estimate of drug-likeness (QED) is 0.554. The summed E-state index contributed by atoms with van der Waals surface area (Å²) in [5.41, 5.74) is 1.49. The van der Waals surface area contributed by atoms with E-state index < -0.39 is 11.2 Å². The fourth-order valence-corrected chi connectivity index (χ4v) is 2.94. The number of fused-ring (bicyclic) bond motifs is 1. The van der Waals surface area contributed by atoms with Crippen LogP contribution in [0.5, 0.6) is 0 Å². The highest BCUT2D eigenvalue weighted by Crippen LogP contribution is 2.32. The van der Waals surface area contributed by atoms with Crippen LogP contribution in [0.25, 0.3) is 16.7 Å². The van der Waals surface area contributed by atoms with Crippen molar-refractivity contribution in [3.8, 4) is 5.69 Å². The molecule has 0 aliphatic rings. The fourth-order valence-electron chi connectivity index (χ4n) is 2.27. The minimum Gasteiger partial charge on any atom is -0.294 e. The van der Waals surface area contributed by atoms with E-state index >= 15 is 0 Å². The Morgan fingerprint density at radius 2 is 2.00 bits per heavy atom. The van der Waals surface area contributed by atoms with Crippen molar-refractivity contribution in [2.75, 3.05) is 0 Å². The van der Waals surface area contributed by atoms with Crippen molar-refractivity contribution in [2.45, 2.75) is 12.3 Å². The van der Waals surface area contributed by atoms with E-state index in [0.717, 1.165) is 0 Å². The number of benzene rings is 2. The Balaban J connectivity index is 2.39.